The van der Waals surface area contributed by atoms with Gasteiger partial charge in [-0.15, -0.1) is 0 Å². The Kier molecular flexibility index (Phi) is 31.9. The van der Waals surface area contributed by atoms with Gasteiger partial charge < -0.3 is 28.8 Å². The summed E-state index contributed by atoms with van der Waals surface area (Å²) in [5.41, 5.74) is 0. The molecule has 0 aromatic carbocycles. The van der Waals surface area contributed by atoms with Gasteiger partial charge >= 0.3 is 0 Å². The van der Waals surface area contributed by atoms with Crippen molar-refractivity contribution in [2.75, 3.05) is 40.9 Å². The van der Waals surface area contributed by atoms with Crippen molar-refractivity contribution >= 4 is 13.7 Å². The lowest BCUT2D eigenvalue weighted by molar-refractivity contribution is -0.870. The molecule has 290 valence electrons. The summed E-state index contributed by atoms with van der Waals surface area (Å²) >= 11 is 0. The molecule has 0 heterocycles. The molecule has 0 saturated carbocycles. The Morgan fingerprint density at radius 3 is 1.82 bits per heavy atom. The lowest BCUT2D eigenvalue weighted by Crippen LogP contribution is -2.45. The van der Waals surface area contributed by atoms with Gasteiger partial charge in [-0.05, 0) is 64.7 Å². The summed E-state index contributed by atoms with van der Waals surface area (Å²) in [6, 6.07) is -0.910. The van der Waals surface area contributed by atoms with Crippen LogP contribution in [0.4, 0.5) is 0 Å². The highest BCUT2D eigenvalue weighted by molar-refractivity contribution is 7.45. The van der Waals surface area contributed by atoms with Crippen molar-refractivity contribution in [1.82, 2.24) is 5.32 Å². The molecule has 0 aromatic rings. The molecule has 50 heavy (non-hydrogen) atoms. The molecule has 0 fully saturated rings. The number of hydrogen-bond donors (Lipinski definition) is 2. The molecular weight excluding hydrogens is 647 g/mol. The fraction of sp³-hybridized carbons (Fsp3) is 0.732. The van der Waals surface area contributed by atoms with Gasteiger partial charge in [-0.1, -0.05) is 132 Å². The van der Waals surface area contributed by atoms with E-state index in [1.54, 1.807) is 6.08 Å². The first-order valence-corrected chi connectivity index (χ1v) is 21.1. The van der Waals surface area contributed by atoms with E-state index < -0.39 is 26.6 Å². The summed E-state index contributed by atoms with van der Waals surface area (Å²) in [7, 11) is 1.22. The van der Waals surface area contributed by atoms with Crippen molar-refractivity contribution in [3.05, 3.63) is 60.8 Å². The highest BCUT2D eigenvalue weighted by Gasteiger charge is 2.23. The van der Waals surface area contributed by atoms with Crippen molar-refractivity contribution in [3.8, 4) is 0 Å². The maximum absolute atomic E-state index is 12.8. The fourth-order valence-electron chi connectivity index (χ4n) is 5.12. The Bertz CT molecular complexity index is 1000. The molecule has 9 heteroatoms. The second-order valence-corrected chi connectivity index (χ2v) is 15.7. The number of aliphatic hydroxyl groups is 1. The first-order chi connectivity index (χ1) is 24.0. The van der Waals surface area contributed by atoms with Crippen LogP contribution in [0, 0.1) is 0 Å². The minimum absolute atomic E-state index is 0.0125. The Morgan fingerprint density at radius 2 is 1.26 bits per heavy atom. The SMILES string of the molecule is C/C=C/CC/C=C/CC/C=C/C(O)C(COP(=O)([O-])OCC[N+](C)(C)C)NC(=O)CCCCCCCCCCCC/C=C\C=C/CCCCC. The van der Waals surface area contributed by atoms with Crippen LogP contribution in [0.5, 0.6) is 0 Å². The van der Waals surface area contributed by atoms with E-state index in [1.807, 2.05) is 40.2 Å². The predicted molar refractivity (Wildman–Crippen MR) is 210 cm³/mol. The molecular formula is C41H75N2O6P. The number of carbonyl (C=O) groups is 1. The molecule has 1 amide bonds. The van der Waals surface area contributed by atoms with E-state index in [2.05, 4.69) is 54.8 Å². The van der Waals surface area contributed by atoms with Crippen LogP contribution in [0.25, 0.3) is 0 Å². The molecule has 0 aromatic heterocycles. The third-order valence-corrected chi connectivity index (χ3v) is 9.26. The minimum Gasteiger partial charge on any atom is -0.756 e. The molecule has 3 atom stereocenters. The Labute approximate surface area is 307 Å². The van der Waals surface area contributed by atoms with E-state index in [1.165, 1.54) is 70.6 Å². The van der Waals surface area contributed by atoms with Crippen LogP contribution in [0.2, 0.25) is 0 Å². The zero-order valence-corrected chi connectivity index (χ0v) is 33.5. The fourth-order valence-corrected chi connectivity index (χ4v) is 5.84. The third-order valence-electron chi connectivity index (χ3n) is 8.30. The van der Waals surface area contributed by atoms with Crippen molar-refractivity contribution in [3.63, 3.8) is 0 Å². The normalized spacial score (nSPS) is 15.3. The average Bonchev–Trinajstić information content (AvgIpc) is 3.06. The van der Waals surface area contributed by atoms with E-state index in [0.717, 1.165) is 51.4 Å². The summed E-state index contributed by atoms with van der Waals surface area (Å²) in [5.74, 6) is -0.223. The van der Waals surface area contributed by atoms with Crippen LogP contribution in [0.1, 0.15) is 142 Å². The molecule has 0 radical (unpaired) electrons. The lowest BCUT2D eigenvalue weighted by atomic mass is 10.0. The summed E-state index contributed by atoms with van der Waals surface area (Å²) < 4.78 is 23.0. The second-order valence-electron chi connectivity index (χ2n) is 14.3. The Hall–Kier alpha value is -1.80. The summed E-state index contributed by atoms with van der Waals surface area (Å²) in [6.45, 7) is 4.32. The number of rotatable bonds is 34. The zero-order valence-electron chi connectivity index (χ0n) is 32.6. The third kappa shape index (κ3) is 34.6. The quantitative estimate of drug-likeness (QED) is 0.0225. The van der Waals surface area contributed by atoms with Gasteiger partial charge in [-0.25, -0.2) is 0 Å². The molecule has 0 saturated heterocycles. The van der Waals surface area contributed by atoms with E-state index >= 15 is 0 Å². The molecule has 0 aliphatic carbocycles. The second kappa shape index (κ2) is 33.1. The minimum atomic E-state index is -4.59. The molecule has 0 rings (SSSR count). The standard InChI is InChI=1S/C41H75N2O6P/c1-6-8-10-12-14-16-17-18-19-20-21-22-23-24-25-27-29-31-33-35-41(45)42-39(38-49-50(46,47)48-37-36-43(3,4)5)40(44)34-32-30-28-26-15-13-11-9-7-2/h7,9,14-18,26,32,34,39-40,44H,6,8,10-13,19-25,27-31,33,35-38H2,1-5H3,(H-,42,45,46,47)/b9-7+,16-14-,18-17-,26-15+,34-32+. The first-order valence-electron chi connectivity index (χ1n) is 19.6. The molecule has 3 unspecified atom stereocenters. The van der Waals surface area contributed by atoms with Crippen LogP contribution in [-0.4, -0.2) is 68.5 Å². The monoisotopic (exact) mass is 723 g/mol. The number of quaternary nitrogens is 1. The van der Waals surface area contributed by atoms with Crippen LogP contribution in [0.3, 0.4) is 0 Å². The van der Waals surface area contributed by atoms with Gasteiger partial charge in [0, 0.05) is 6.42 Å². The number of nitrogens with zero attached hydrogens (tertiary/aromatic N) is 1. The summed E-state index contributed by atoms with van der Waals surface area (Å²) in [6.07, 6.45) is 41.5. The molecule has 0 bridgehead atoms. The van der Waals surface area contributed by atoms with E-state index in [4.69, 9.17) is 9.05 Å². The molecule has 8 nitrogen and oxygen atoms in total. The lowest BCUT2D eigenvalue weighted by Gasteiger charge is -2.29. The van der Waals surface area contributed by atoms with Crippen LogP contribution < -0.4 is 10.2 Å². The van der Waals surface area contributed by atoms with Gasteiger partial charge in [0.15, 0.2) is 0 Å². The number of allylic oxidation sites excluding steroid dienone is 9. The van der Waals surface area contributed by atoms with Crippen molar-refractivity contribution in [2.45, 2.75) is 154 Å². The zero-order chi connectivity index (χ0) is 37.2. The van der Waals surface area contributed by atoms with E-state index in [-0.39, 0.29) is 12.5 Å². The van der Waals surface area contributed by atoms with Gasteiger partial charge in [0.1, 0.15) is 13.2 Å². The van der Waals surface area contributed by atoms with Gasteiger partial charge in [0.25, 0.3) is 7.82 Å². The number of nitrogens with one attached hydrogen (secondary N) is 1. The number of amides is 1. The van der Waals surface area contributed by atoms with Gasteiger partial charge in [-0.2, -0.15) is 0 Å². The van der Waals surface area contributed by atoms with Crippen molar-refractivity contribution < 1.29 is 32.9 Å². The van der Waals surface area contributed by atoms with E-state index in [0.29, 0.717) is 17.4 Å². The number of phosphoric ester groups is 1. The van der Waals surface area contributed by atoms with Crippen LogP contribution in [-0.2, 0) is 18.4 Å². The number of hydrogen-bond acceptors (Lipinski definition) is 6. The smallest absolute Gasteiger partial charge is 0.268 e. The predicted octanol–water partition coefficient (Wildman–Crippen LogP) is 9.66. The van der Waals surface area contributed by atoms with Crippen molar-refractivity contribution in [1.29, 1.82) is 0 Å². The number of phosphoric acid groups is 1. The maximum Gasteiger partial charge on any atom is 0.268 e. The highest BCUT2D eigenvalue weighted by Crippen LogP contribution is 2.38. The van der Waals surface area contributed by atoms with Crippen LogP contribution >= 0.6 is 7.82 Å². The van der Waals surface area contributed by atoms with Gasteiger partial charge in [0.2, 0.25) is 5.91 Å². The maximum atomic E-state index is 12.8. The molecule has 0 aliphatic heterocycles. The van der Waals surface area contributed by atoms with Crippen molar-refractivity contribution in [2.24, 2.45) is 0 Å². The van der Waals surface area contributed by atoms with Gasteiger partial charge in [-0.3, -0.25) is 9.36 Å². The number of likely N-dealkylation sites (N-methyl/N-ethyl adjacent to an activating group) is 1. The molecule has 0 aliphatic rings. The molecule has 0 spiro atoms. The summed E-state index contributed by atoms with van der Waals surface area (Å²) in [5, 5.41) is 13.6. The Balaban J connectivity index is 4.41. The Morgan fingerprint density at radius 1 is 0.740 bits per heavy atom. The van der Waals surface area contributed by atoms with Crippen LogP contribution in [0.15, 0.2) is 60.8 Å². The van der Waals surface area contributed by atoms with E-state index in [9.17, 15) is 19.4 Å². The number of carbonyl (C=O) groups excluding carboxylic acids is 1. The summed E-state index contributed by atoms with van der Waals surface area (Å²) in [4.78, 5) is 25.1. The first kappa shape index (κ1) is 48.2. The largest absolute Gasteiger partial charge is 0.756 e. The molecule has 2 N–H and O–H groups in total. The topological polar surface area (TPSA) is 108 Å². The average molecular weight is 723 g/mol. The highest BCUT2D eigenvalue weighted by atomic mass is 31.2. The van der Waals surface area contributed by atoms with Gasteiger partial charge in [0.05, 0.1) is 39.9 Å². The number of unbranched alkanes of at least 4 members (excludes halogenated alkanes) is 15. The number of aliphatic hydroxyl groups excluding tert-OH is 1.